The summed E-state index contributed by atoms with van der Waals surface area (Å²) in [5, 5.41) is 0. The highest BCUT2D eigenvalue weighted by Crippen LogP contribution is 2.02. The summed E-state index contributed by atoms with van der Waals surface area (Å²) in [6.07, 6.45) is 2.31. The van der Waals surface area contributed by atoms with Crippen LogP contribution >= 0.6 is 0 Å². The molecular formula is C9H18O4. The van der Waals surface area contributed by atoms with Crippen LogP contribution in [0.15, 0.2) is 0 Å². The Balaban J connectivity index is 0.000000223. The summed E-state index contributed by atoms with van der Waals surface area (Å²) < 4.78 is 4.55. The zero-order valence-corrected chi connectivity index (χ0v) is 8.54. The van der Waals surface area contributed by atoms with Crippen molar-refractivity contribution in [2.75, 3.05) is 13.2 Å². The van der Waals surface area contributed by atoms with Gasteiger partial charge in [-0.15, -0.1) is 0 Å². The van der Waals surface area contributed by atoms with Gasteiger partial charge in [-0.3, -0.25) is 4.79 Å². The summed E-state index contributed by atoms with van der Waals surface area (Å²) in [5.74, 6) is 0. The molecule has 0 unspecified atom stereocenters. The lowest BCUT2D eigenvalue weighted by atomic mass is 10.2. The normalized spacial score (nSPS) is 16.8. The van der Waals surface area contributed by atoms with Crippen LogP contribution in [-0.2, 0) is 19.3 Å². The first-order valence-corrected chi connectivity index (χ1v) is 4.42. The minimum absolute atomic E-state index is 0.318. The first-order valence-electron chi connectivity index (χ1n) is 4.42. The van der Waals surface area contributed by atoms with Crippen LogP contribution in [0.25, 0.3) is 0 Å². The van der Waals surface area contributed by atoms with Gasteiger partial charge in [0.25, 0.3) is 6.47 Å². The highest BCUT2D eigenvalue weighted by molar-refractivity contribution is 5.37. The first kappa shape index (κ1) is 12.4. The van der Waals surface area contributed by atoms with Gasteiger partial charge in [0.05, 0.1) is 13.2 Å². The van der Waals surface area contributed by atoms with Crippen molar-refractivity contribution in [3.63, 3.8) is 0 Å². The van der Waals surface area contributed by atoms with Crippen molar-refractivity contribution >= 4 is 6.47 Å². The van der Waals surface area contributed by atoms with Crippen LogP contribution in [0.1, 0.15) is 33.6 Å². The Morgan fingerprint density at radius 1 is 1.15 bits per heavy atom. The Bertz CT molecular complexity index is 113. The molecule has 4 nitrogen and oxygen atoms in total. The molecule has 13 heavy (non-hydrogen) atoms. The SMILES string of the molecule is C1CCOOC1.CC(C)(C)OC=O. The molecule has 0 N–H and O–H groups in total. The molecular weight excluding hydrogens is 172 g/mol. The summed E-state index contributed by atoms with van der Waals surface area (Å²) in [7, 11) is 0. The molecule has 0 atom stereocenters. The number of ether oxygens (including phenoxy) is 1. The predicted octanol–water partition coefficient (Wildman–Crippen LogP) is 1.69. The second kappa shape index (κ2) is 6.86. The van der Waals surface area contributed by atoms with Crippen molar-refractivity contribution in [2.24, 2.45) is 0 Å². The first-order chi connectivity index (χ1) is 6.06. The molecule has 1 heterocycles. The molecule has 1 aliphatic rings. The Hall–Kier alpha value is -0.610. The van der Waals surface area contributed by atoms with Crippen LogP contribution in [0.2, 0.25) is 0 Å². The van der Waals surface area contributed by atoms with E-state index in [1.165, 1.54) is 0 Å². The molecule has 0 radical (unpaired) electrons. The van der Waals surface area contributed by atoms with Gasteiger partial charge in [0.2, 0.25) is 0 Å². The third-order valence-electron chi connectivity index (χ3n) is 1.19. The van der Waals surface area contributed by atoms with E-state index in [-0.39, 0.29) is 5.60 Å². The van der Waals surface area contributed by atoms with E-state index in [1.807, 2.05) is 20.8 Å². The van der Waals surface area contributed by atoms with Gasteiger partial charge in [0.15, 0.2) is 0 Å². The van der Waals surface area contributed by atoms with Gasteiger partial charge in [-0.1, -0.05) is 0 Å². The molecule has 0 amide bonds. The summed E-state index contributed by atoms with van der Waals surface area (Å²) in [4.78, 5) is 18.7. The van der Waals surface area contributed by atoms with Crippen molar-refractivity contribution in [2.45, 2.75) is 39.2 Å². The van der Waals surface area contributed by atoms with Crippen LogP contribution in [0, 0.1) is 0 Å². The standard InChI is InChI=1S/C5H10O2.C4H8O2/c1-5(2,3)7-4-6;1-2-4-6-5-3-1/h4H,1-3H3;1-4H2. The Morgan fingerprint density at radius 3 is 1.69 bits per heavy atom. The molecule has 78 valence electrons. The summed E-state index contributed by atoms with van der Waals surface area (Å²) in [5.41, 5.74) is -0.318. The van der Waals surface area contributed by atoms with Gasteiger partial charge < -0.3 is 4.74 Å². The molecule has 0 spiro atoms. The predicted molar refractivity (Wildman–Crippen MR) is 48.0 cm³/mol. The zero-order chi connectivity index (χ0) is 10.2. The number of hydrogen-bond acceptors (Lipinski definition) is 4. The molecule has 1 aliphatic heterocycles. The largest absolute Gasteiger partial charge is 0.462 e. The maximum atomic E-state index is 9.60. The minimum atomic E-state index is -0.318. The van der Waals surface area contributed by atoms with Crippen LogP contribution in [0.5, 0.6) is 0 Å². The fourth-order valence-electron chi connectivity index (χ4n) is 0.584. The third-order valence-corrected chi connectivity index (χ3v) is 1.19. The molecule has 0 bridgehead atoms. The van der Waals surface area contributed by atoms with E-state index >= 15 is 0 Å². The van der Waals surface area contributed by atoms with Gasteiger partial charge in [0.1, 0.15) is 5.60 Å². The molecule has 1 rings (SSSR count). The van der Waals surface area contributed by atoms with Crippen molar-refractivity contribution in [3.05, 3.63) is 0 Å². The smallest absolute Gasteiger partial charge is 0.293 e. The Morgan fingerprint density at radius 2 is 1.62 bits per heavy atom. The Labute approximate surface area is 79.1 Å². The van der Waals surface area contributed by atoms with Gasteiger partial charge in [-0.2, -0.15) is 0 Å². The fourth-order valence-corrected chi connectivity index (χ4v) is 0.584. The van der Waals surface area contributed by atoms with E-state index in [2.05, 4.69) is 14.5 Å². The van der Waals surface area contributed by atoms with Gasteiger partial charge in [-0.25, -0.2) is 9.78 Å². The van der Waals surface area contributed by atoms with Crippen molar-refractivity contribution in [1.29, 1.82) is 0 Å². The van der Waals surface area contributed by atoms with Crippen LogP contribution in [-0.4, -0.2) is 25.3 Å². The quantitative estimate of drug-likeness (QED) is 0.466. The molecule has 4 heteroatoms. The number of hydrogen-bond donors (Lipinski definition) is 0. The van der Waals surface area contributed by atoms with Crippen molar-refractivity contribution in [1.82, 2.24) is 0 Å². The summed E-state index contributed by atoms with van der Waals surface area (Å²) >= 11 is 0. The Kier molecular flexibility index (Phi) is 6.54. The summed E-state index contributed by atoms with van der Waals surface area (Å²) in [6, 6.07) is 0. The monoisotopic (exact) mass is 190 g/mol. The second-order valence-electron chi connectivity index (χ2n) is 3.68. The topological polar surface area (TPSA) is 44.8 Å². The van der Waals surface area contributed by atoms with Crippen LogP contribution in [0.4, 0.5) is 0 Å². The van der Waals surface area contributed by atoms with Gasteiger partial charge >= 0.3 is 0 Å². The maximum absolute atomic E-state index is 9.60. The van der Waals surface area contributed by atoms with E-state index in [0.717, 1.165) is 26.1 Å². The highest BCUT2D eigenvalue weighted by Gasteiger charge is 2.07. The lowest BCUT2D eigenvalue weighted by molar-refractivity contribution is -0.312. The molecule has 0 aliphatic carbocycles. The van der Waals surface area contributed by atoms with Gasteiger partial charge in [-0.05, 0) is 33.6 Å². The van der Waals surface area contributed by atoms with E-state index in [4.69, 9.17) is 0 Å². The molecule has 1 saturated heterocycles. The number of rotatable bonds is 1. The van der Waals surface area contributed by atoms with Gasteiger partial charge in [0, 0.05) is 0 Å². The average molecular weight is 190 g/mol. The number of carbonyl (C=O) groups excluding carboxylic acids is 1. The maximum Gasteiger partial charge on any atom is 0.293 e. The molecule has 1 fully saturated rings. The van der Waals surface area contributed by atoms with Crippen LogP contribution in [0.3, 0.4) is 0 Å². The van der Waals surface area contributed by atoms with E-state index < -0.39 is 0 Å². The zero-order valence-electron chi connectivity index (χ0n) is 8.54. The molecule has 0 aromatic carbocycles. The fraction of sp³-hybridized carbons (Fsp3) is 0.889. The highest BCUT2D eigenvalue weighted by atomic mass is 17.2. The molecule has 0 aromatic rings. The summed E-state index contributed by atoms with van der Waals surface area (Å²) in [6.45, 7) is 7.48. The second-order valence-corrected chi connectivity index (χ2v) is 3.68. The van der Waals surface area contributed by atoms with E-state index in [9.17, 15) is 4.79 Å². The van der Waals surface area contributed by atoms with E-state index in [0.29, 0.717) is 6.47 Å². The molecule has 0 aromatic heterocycles. The third kappa shape index (κ3) is 11.4. The number of carbonyl (C=O) groups is 1. The minimum Gasteiger partial charge on any atom is -0.462 e. The van der Waals surface area contributed by atoms with Crippen molar-refractivity contribution in [3.8, 4) is 0 Å². The molecule has 0 saturated carbocycles. The van der Waals surface area contributed by atoms with Crippen LogP contribution < -0.4 is 0 Å². The lowest BCUT2D eigenvalue weighted by Gasteiger charge is -2.14. The average Bonchev–Trinajstić information content (AvgIpc) is 2.06. The van der Waals surface area contributed by atoms with Crippen molar-refractivity contribution < 1.29 is 19.3 Å². The van der Waals surface area contributed by atoms with E-state index in [1.54, 1.807) is 0 Å². The lowest BCUT2D eigenvalue weighted by Crippen LogP contribution is -2.17.